The Bertz CT molecular complexity index is 1030. The van der Waals surface area contributed by atoms with Gasteiger partial charge in [0.1, 0.15) is 0 Å². The molecule has 0 aliphatic heterocycles. The van der Waals surface area contributed by atoms with Gasteiger partial charge in [-0.3, -0.25) is 4.79 Å². The summed E-state index contributed by atoms with van der Waals surface area (Å²) in [6.07, 6.45) is 11.7. The van der Waals surface area contributed by atoms with E-state index in [1.54, 1.807) is 11.6 Å². The Kier molecular flexibility index (Phi) is 5.65. The molecule has 4 heteroatoms. The largest absolute Gasteiger partial charge is 0.392 e. The van der Waals surface area contributed by atoms with E-state index in [9.17, 15) is 15.0 Å². The maximum absolute atomic E-state index is 12.2. The Morgan fingerprint density at radius 1 is 1.12 bits per heavy atom. The van der Waals surface area contributed by atoms with Crippen LogP contribution in [0.3, 0.4) is 0 Å². The topological polar surface area (TPSA) is 60.8 Å². The van der Waals surface area contributed by atoms with Gasteiger partial charge in [0.15, 0.2) is 5.78 Å². The summed E-state index contributed by atoms with van der Waals surface area (Å²) >= 11 is 0. The van der Waals surface area contributed by atoms with Gasteiger partial charge >= 0.3 is 0 Å². The molecule has 5 rings (SSSR count). The number of aliphatic hydroxyl groups is 2. The fourth-order valence-electron chi connectivity index (χ4n) is 7.52. The second-order valence-corrected chi connectivity index (χ2v) is 11.0. The lowest BCUT2D eigenvalue weighted by Gasteiger charge is -2.54. The summed E-state index contributed by atoms with van der Waals surface area (Å²) in [5.41, 5.74) is 5.62. The number of aliphatic hydroxyl groups excluding tert-OH is 1. The van der Waals surface area contributed by atoms with Gasteiger partial charge in [-0.1, -0.05) is 36.8 Å². The van der Waals surface area contributed by atoms with E-state index in [2.05, 4.69) is 50.2 Å². The Labute approximate surface area is 197 Å². The average Bonchev–Trinajstić information content (AvgIpc) is 3.07. The number of nitrogens with zero attached hydrogens (tertiary/aromatic N) is 1. The summed E-state index contributed by atoms with van der Waals surface area (Å²) in [5, 5.41) is 21.3. The second-order valence-electron chi connectivity index (χ2n) is 11.0. The maximum atomic E-state index is 12.2. The smallest absolute Gasteiger partial charge is 0.156 e. The quantitative estimate of drug-likeness (QED) is 0.643. The summed E-state index contributed by atoms with van der Waals surface area (Å²) in [4.78, 5) is 14.3. The highest BCUT2D eigenvalue weighted by molar-refractivity contribution is 5.93. The minimum absolute atomic E-state index is 0.0423. The van der Waals surface area contributed by atoms with Gasteiger partial charge in [-0.05, 0) is 85.3 Å². The van der Waals surface area contributed by atoms with Gasteiger partial charge in [0, 0.05) is 37.5 Å². The summed E-state index contributed by atoms with van der Waals surface area (Å²) in [5.74, 6) is 1.38. The summed E-state index contributed by atoms with van der Waals surface area (Å²) in [6.45, 7) is 2.24. The highest BCUT2D eigenvalue weighted by Gasteiger charge is 2.61. The Balaban J connectivity index is 1.65. The van der Waals surface area contributed by atoms with Crippen molar-refractivity contribution in [2.24, 2.45) is 17.3 Å². The summed E-state index contributed by atoms with van der Waals surface area (Å²) in [7, 11) is 4.12. The van der Waals surface area contributed by atoms with Crippen LogP contribution in [0.15, 0.2) is 59.2 Å². The zero-order valence-corrected chi connectivity index (χ0v) is 20.2. The van der Waals surface area contributed by atoms with Crippen molar-refractivity contribution >= 4 is 11.5 Å². The monoisotopic (exact) mass is 447 g/mol. The van der Waals surface area contributed by atoms with Crippen molar-refractivity contribution < 1.29 is 15.0 Å². The van der Waals surface area contributed by atoms with Crippen LogP contribution in [0.25, 0.3) is 0 Å². The van der Waals surface area contributed by atoms with E-state index in [4.69, 9.17) is 0 Å². The van der Waals surface area contributed by atoms with Crippen LogP contribution in [0.1, 0.15) is 63.4 Å². The van der Waals surface area contributed by atoms with Crippen LogP contribution < -0.4 is 4.90 Å². The molecule has 4 nitrogen and oxygen atoms in total. The molecule has 0 bridgehead atoms. The fourth-order valence-corrected chi connectivity index (χ4v) is 7.52. The predicted molar refractivity (Wildman–Crippen MR) is 132 cm³/mol. The van der Waals surface area contributed by atoms with Crippen molar-refractivity contribution in [3.8, 4) is 0 Å². The highest BCUT2D eigenvalue weighted by Crippen LogP contribution is 2.67. The molecule has 0 spiro atoms. The summed E-state index contributed by atoms with van der Waals surface area (Å²) in [6, 6.07) is 8.91. The van der Waals surface area contributed by atoms with Gasteiger partial charge < -0.3 is 15.1 Å². The van der Waals surface area contributed by atoms with Crippen LogP contribution in [0.4, 0.5) is 5.69 Å². The molecule has 1 aromatic carbocycles. The maximum Gasteiger partial charge on any atom is 0.156 e. The van der Waals surface area contributed by atoms with Gasteiger partial charge in [0.05, 0.1) is 12.2 Å². The molecular formula is C29H37NO3. The molecule has 0 unspecified atom stereocenters. The lowest BCUT2D eigenvalue weighted by atomic mass is 9.51. The number of hydrogen-bond acceptors (Lipinski definition) is 4. The van der Waals surface area contributed by atoms with Crippen LogP contribution in [0, 0.1) is 17.3 Å². The molecule has 0 radical (unpaired) electrons. The number of allylic oxidation sites excluding steroid dienone is 4. The van der Waals surface area contributed by atoms with Gasteiger partial charge in [-0.15, -0.1) is 0 Å². The molecule has 0 aromatic heterocycles. The van der Waals surface area contributed by atoms with E-state index in [1.807, 2.05) is 12.2 Å². The number of fused-ring (bicyclic) bond motifs is 4. The number of ketones is 1. The Morgan fingerprint density at radius 2 is 1.88 bits per heavy atom. The molecule has 176 valence electrons. The first-order chi connectivity index (χ1) is 15.8. The molecule has 33 heavy (non-hydrogen) atoms. The number of carbonyl (C=O) groups excluding carboxylic acids is 1. The molecule has 2 N–H and O–H groups in total. The third-order valence-corrected chi connectivity index (χ3v) is 9.26. The normalized spacial score (nSPS) is 35.8. The van der Waals surface area contributed by atoms with Gasteiger partial charge in [0.25, 0.3) is 0 Å². The SMILES string of the molecule is CN(C)c1ccc([C@H]2C[C@@]3(C)[C@@H](CC[C@]3(O)/C=C/CO)[C@@H]3CCC4=CC(=O)CCC4=C32)cc1. The first kappa shape index (κ1) is 22.6. The molecular weight excluding hydrogens is 410 g/mol. The van der Waals surface area contributed by atoms with E-state index in [-0.39, 0.29) is 23.7 Å². The molecule has 4 aliphatic carbocycles. The van der Waals surface area contributed by atoms with Crippen LogP contribution in [0.5, 0.6) is 0 Å². The van der Waals surface area contributed by atoms with E-state index >= 15 is 0 Å². The lowest BCUT2D eigenvalue weighted by Crippen LogP contribution is -2.50. The van der Waals surface area contributed by atoms with Crippen LogP contribution in [-0.2, 0) is 4.79 Å². The third kappa shape index (κ3) is 3.54. The predicted octanol–water partition coefficient (Wildman–Crippen LogP) is 4.93. The van der Waals surface area contributed by atoms with Crippen LogP contribution in [0.2, 0.25) is 0 Å². The minimum atomic E-state index is -0.892. The number of carbonyl (C=O) groups is 1. The van der Waals surface area contributed by atoms with Crippen molar-refractivity contribution in [1.82, 2.24) is 0 Å². The van der Waals surface area contributed by atoms with Crippen molar-refractivity contribution in [3.05, 3.63) is 64.8 Å². The van der Waals surface area contributed by atoms with Crippen molar-refractivity contribution in [2.75, 3.05) is 25.6 Å². The van der Waals surface area contributed by atoms with Gasteiger partial charge in [-0.25, -0.2) is 0 Å². The van der Waals surface area contributed by atoms with Crippen molar-refractivity contribution in [3.63, 3.8) is 0 Å². The number of benzene rings is 1. The van der Waals surface area contributed by atoms with Crippen LogP contribution in [-0.4, -0.2) is 42.3 Å². The number of hydrogen-bond donors (Lipinski definition) is 2. The van der Waals surface area contributed by atoms with Crippen molar-refractivity contribution in [1.29, 1.82) is 0 Å². The molecule has 0 amide bonds. The molecule has 0 heterocycles. The molecule has 0 saturated heterocycles. The van der Waals surface area contributed by atoms with E-state index < -0.39 is 5.60 Å². The number of rotatable bonds is 4. The molecule has 2 fully saturated rings. The molecule has 5 atom stereocenters. The summed E-state index contributed by atoms with van der Waals surface area (Å²) < 4.78 is 0. The first-order valence-corrected chi connectivity index (χ1v) is 12.5. The van der Waals surface area contributed by atoms with Gasteiger partial charge in [0.2, 0.25) is 0 Å². The number of anilines is 1. The standard InChI is InChI=1S/C29H37NO3/c1-28-18-25(19-5-8-21(9-6-19)30(2)3)27-23-12-10-22(32)17-20(23)7-11-24(27)26(28)13-15-29(28,33)14-4-16-31/h4-6,8-9,14,17,24-26,31,33H,7,10-13,15-16,18H2,1-3H3/b14-4+/t24-,25+,26-,28-,29+/m0/s1. The highest BCUT2D eigenvalue weighted by atomic mass is 16.3. The van der Waals surface area contributed by atoms with Crippen LogP contribution >= 0.6 is 0 Å². The zero-order chi connectivity index (χ0) is 23.4. The third-order valence-electron chi connectivity index (χ3n) is 9.26. The Morgan fingerprint density at radius 3 is 2.58 bits per heavy atom. The molecule has 4 aliphatic rings. The first-order valence-electron chi connectivity index (χ1n) is 12.5. The lowest BCUT2D eigenvalue weighted by molar-refractivity contribution is -0.114. The van der Waals surface area contributed by atoms with Crippen molar-refractivity contribution in [2.45, 2.75) is 63.4 Å². The second kappa shape index (κ2) is 8.25. The van der Waals surface area contributed by atoms with Gasteiger partial charge in [-0.2, -0.15) is 0 Å². The van der Waals surface area contributed by atoms with E-state index in [0.29, 0.717) is 18.3 Å². The molecule has 2 saturated carbocycles. The zero-order valence-electron chi connectivity index (χ0n) is 20.2. The van der Waals surface area contributed by atoms with E-state index in [1.165, 1.54) is 22.4 Å². The fraction of sp³-hybridized carbons (Fsp3) is 0.552. The molecule has 1 aromatic rings. The average molecular weight is 448 g/mol. The Hall–Kier alpha value is -2.17. The van der Waals surface area contributed by atoms with E-state index in [0.717, 1.165) is 38.5 Å². The minimum Gasteiger partial charge on any atom is -0.392 e.